The van der Waals surface area contributed by atoms with Gasteiger partial charge in [0.05, 0.1) is 10.7 Å². The molecule has 3 N–H and O–H groups in total. The molecule has 0 aliphatic carbocycles. The Balaban J connectivity index is 2.09. The van der Waals surface area contributed by atoms with Gasteiger partial charge >= 0.3 is 0 Å². The van der Waals surface area contributed by atoms with E-state index in [0.717, 1.165) is 30.4 Å². The third-order valence-corrected chi connectivity index (χ3v) is 4.44. The van der Waals surface area contributed by atoms with Crippen LogP contribution in [0, 0.1) is 5.92 Å². The summed E-state index contributed by atoms with van der Waals surface area (Å²) in [6.45, 7) is 7.13. The molecule has 1 aromatic rings. The molecule has 18 heavy (non-hydrogen) atoms. The highest BCUT2D eigenvalue weighted by molar-refractivity contribution is 7.18. The lowest BCUT2D eigenvalue weighted by Gasteiger charge is -2.14. The second-order valence-electron chi connectivity index (χ2n) is 4.96. The van der Waals surface area contributed by atoms with E-state index in [1.54, 1.807) is 0 Å². The first-order valence-corrected chi connectivity index (χ1v) is 7.36. The van der Waals surface area contributed by atoms with E-state index in [0.29, 0.717) is 17.1 Å². The normalized spacial score (nSPS) is 19.2. The molecule has 2 heterocycles. The molecule has 1 fully saturated rings. The van der Waals surface area contributed by atoms with Crippen molar-refractivity contribution in [1.29, 1.82) is 0 Å². The molecular formula is C13H21N3OS. The molecule has 0 aromatic carbocycles. The van der Waals surface area contributed by atoms with Crippen molar-refractivity contribution in [3.8, 4) is 0 Å². The summed E-state index contributed by atoms with van der Waals surface area (Å²) in [5.74, 6) is 0.684. The Bertz CT molecular complexity index is 430. The number of carbonyl (C=O) groups is 1. The molecule has 1 unspecified atom stereocenters. The number of anilines is 2. The van der Waals surface area contributed by atoms with Gasteiger partial charge < -0.3 is 16.0 Å². The molecule has 0 saturated carbocycles. The fourth-order valence-corrected chi connectivity index (χ4v) is 3.21. The van der Waals surface area contributed by atoms with Crippen molar-refractivity contribution in [2.24, 2.45) is 5.92 Å². The number of thiophene rings is 1. The maximum Gasteiger partial charge on any atom is 0.263 e. The van der Waals surface area contributed by atoms with Gasteiger partial charge in [-0.2, -0.15) is 0 Å². The van der Waals surface area contributed by atoms with Crippen molar-refractivity contribution < 1.29 is 4.79 Å². The largest absolute Gasteiger partial charge is 0.397 e. The van der Waals surface area contributed by atoms with E-state index in [2.05, 4.69) is 17.1 Å². The van der Waals surface area contributed by atoms with Gasteiger partial charge in [-0.1, -0.05) is 13.8 Å². The van der Waals surface area contributed by atoms with Crippen LogP contribution in [0.1, 0.15) is 36.4 Å². The van der Waals surface area contributed by atoms with Gasteiger partial charge in [-0.3, -0.25) is 4.79 Å². The van der Waals surface area contributed by atoms with Gasteiger partial charge in [-0.25, -0.2) is 0 Å². The number of nitrogens with one attached hydrogen (secondary N) is 1. The Kier molecular flexibility index (Phi) is 4.11. The van der Waals surface area contributed by atoms with Crippen LogP contribution >= 0.6 is 11.3 Å². The second kappa shape index (κ2) is 5.61. The highest BCUT2D eigenvalue weighted by Gasteiger charge is 2.23. The van der Waals surface area contributed by atoms with Crippen LogP contribution in [0.2, 0.25) is 0 Å². The highest BCUT2D eigenvalue weighted by atomic mass is 32.1. The third-order valence-electron chi connectivity index (χ3n) is 3.23. The van der Waals surface area contributed by atoms with Crippen LogP contribution in [0.25, 0.3) is 0 Å². The van der Waals surface area contributed by atoms with Gasteiger partial charge in [0.15, 0.2) is 0 Å². The number of nitrogens with two attached hydrogens (primary N) is 1. The van der Waals surface area contributed by atoms with E-state index in [9.17, 15) is 4.79 Å². The average molecular weight is 267 g/mol. The Hall–Kier alpha value is -1.23. The van der Waals surface area contributed by atoms with Crippen LogP contribution in [0.4, 0.5) is 10.7 Å². The predicted octanol–water partition coefficient (Wildman–Crippen LogP) is 2.32. The Morgan fingerprint density at radius 3 is 3.06 bits per heavy atom. The first-order valence-electron chi connectivity index (χ1n) is 6.54. The first kappa shape index (κ1) is 13.2. The van der Waals surface area contributed by atoms with Crippen LogP contribution in [0.3, 0.4) is 0 Å². The number of hydrogen-bond acceptors (Lipinski definition) is 4. The number of carbonyl (C=O) groups excluding carboxylic acids is 1. The smallest absolute Gasteiger partial charge is 0.263 e. The van der Waals surface area contributed by atoms with E-state index in [1.807, 2.05) is 13.0 Å². The zero-order valence-electron chi connectivity index (χ0n) is 11.0. The lowest BCUT2D eigenvalue weighted by molar-refractivity contribution is 0.0958. The maximum atomic E-state index is 11.9. The maximum absolute atomic E-state index is 11.9. The monoisotopic (exact) mass is 267 g/mol. The van der Waals surface area contributed by atoms with Crippen molar-refractivity contribution in [2.45, 2.75) is 26.7 Å². The molecule has 1 aliphatic heterocycles. The van der Waals surface area contributed by atoms with Crippen molar-refractivity contribution in [1.82, 2.24) is 5.32 Å². The molecule has 0 bridgehead atoms. The van der Waals surface area contributed by atoms with Gasteiger partial charge in [-0.05, 0) is 24.8 Å². The zero-order chi connectivity index (χ0) is 13.1. The van der Waals surface area contributed by atoms with E-state index >= 15 is 0 Å². The molecular weight excluding hydrogens is 246 g/mol. The highest BCUT2D eigenvalue weighted by Crippen LogP contribution is 2.34. The molecule has 5 heteroatoms. The van der Waals surface area contributed by atoms with Gasteiger partial charge in [0, 0.05) is 19.6 Å². The van der Waals surface area contributed by atoms with E-state index in [1.165, 1.54) is 17.8 Å². The van der Waals surface area contributed by atoms with Crippen LogP contribution in [0.15, 0.2) is 6.07 Å². The minimum Gasteiger partial charge on any atom is -0.397 e. The summed E-state index contributed by atoms with van der Waals surface area (Å²) in [5.41, 5.74) is 6.54. The average Bonchev–Trinajstić information content (AvgIpc) is 2.92. The fraction of sp³-hybridized carbons (Fsp3) is 0.615. The summed E-state index contributed by atoms with van der Waals surface area (Å²) in [4.78, 5) is 14.9. The lowest BCUT2D eigenvalue weighted by atomic mass is 10.2. The topological polar surface area (TPSA) is 58.4 Å². The summed E-state index contributed by atoms with van der Waals surface area (Å²) in [7, 11) is 0. The fourth-order valence-electron chi connectivity index (χ4n) is 2.18. The number of nitrogen functional groups attached to an aromatic ring is 1. The first-order chi connectivity index (χ1) is 8.61. The third kappa shape index (κ3) is 2.77. The van der Waals surface area contributed by atoms with E-state index < -0.39 is 0 Å². The zero-order valence-corrected chi connectivity index (χ0v) is 11.8. The summed E-state index contributed by atoms with van der Waals surface area (Å²) < 4.78 is 0. The van der Waals surface area contributed by atoms with Crippen molar-refractivity contribution in [3.63, 3.8) is 0 Å². The number of rotatable bonds is 4. The van der Waals surface area contributed by atoms with Crippen LogP contribution < -0.4 is 16.0 Å². The predicted molar refractivity (Wildman–Crippen MR) is 77.3 cm³/mol. The Morgan fingerprint density at radius 1 is 1.67 bits per heavy atom. The summed E-state index contributed by atoms with van der Waals surface area (Å²) in [5, 5.41) is 4.00. The number of amides is 1. The van der Waals surface area contributed by atoms with Crippen molar-refractivity contribution in [2.75, 3.05) is 30.3 Å². The standard InChI is InChI=1S/C13H21N3OS/c1-3-5-15-13(17)12-10(14)7-11(18-12)16-6-4-9(2)8-16/h7,9H,3-6,8,14H2,1-2H3,(H,15,17). The van der Waals surface area contributed by atoms with Gasteiger partial charge in [0.25, 0.3) is 5.91 Å². The molecule has 100 valence electrons. The van der Waals surface area contributed by atoms with E-state index in [4.69, 9.17) is 5.73 Å². The minimum absolute atomic E-state index is 0.0437. The second-order valence-corrected chi connectivity index (χ2v) is 6.00. The summed E-state index contributed by atoms with van der Waals surface area (Å²) in [6, 6.07) is 1.93. The molecule has 1 aliphatic rings. The Labute approximate surface area is 112 Å². The lowest BCUT2D eigenvalue weighted by Crippen LogP contribution is -2.23. The van der Waals surface area contributed by atoms with Gasteiger partial charge in [0.2, 0.25) is 0 Å². The summed E-state index contributed by atoms with van der Waals surface area (Å²) in [6.07, 6.45) is 2.16. The van der Waals surface area contributed by atoms with Crippen LogP contribution in [0.5, 0.6) is 0 Å². The minimum atomic E-state index is -0.0437. The molecule has 1 aromatic heterocycles. The molecule has 4 nitrogen and oxygen atoms in total. The molecule has 1 saturated heterocycles. The number of nitrogens with zero attached hydrogens (tertiary/aromatic N) is 1. The SMILES string of the molecule is CCCNC(=O)c1sc(N2CCC(C)C2)cc1N. The van der Waals surface area contributed by atoms with Gasteiger partial charge in [-0.15, -0.1) is 11.3 Å². The van der Waals surface area contributed by atoms with E-state index in [-0.39, 0.29) is 5.91 Å². The molecule has 1 atom stereocenters. The quantitative estimate of drug-likeness (QED) is 0.880. The molecule has 1 amide bonds. The summed E-state index contributed by atoms with van der Waals surface area (Å²) >= 11 is 1.51. The number of hydrogen-bond donors (Lipinski definition) is 2. The van der Waals surface area contributed by atoms with Crippen molar-refractivity contribution >= 4 is 27.9 Å². The molecule has 0 radical (unpaired) electrons. The molecule has 0 spiro atoms. The van der Waals surface area contributed by atoms with Crippen LogP contribution in [-0.2, 0) is 0 Å². The Morgan fingerprint density at radius 2 is 2.44 bits per heavy atom. The van der Waals surface area contributed by atoms with Crippen molar-refractivity contribution in [3.05, 3.63) is 10.9 Å². The molecule has 2 rings (SSSR count). The van der Waals surface area contributed by atoms with Gasteiger partial charge in [0.1, 0.15) is 4.88 Å². The van der Waals surface area contributed by atoms with Crippen LogP contribution in [-0.4, -0.2) is 25.5 Å².